The van der Waals surface area contributed by atoms with E-state index in [9.17, 15) is 14.7 Å². The van der Waals surface area contributed by atoms with Crippen LogP contribution in [-0.4, -0.2) is 40.5 Å². The highest BCUT2D eigenvalue weighted by Gasteiger charge is 2.34. The van der Waals surface area contributed by atoms with Crippen LogP contribution in [0.3, 0.4) is 0 Å². The first-order chi connectivity index (χ1) is 13.4. The smallest absolute Gasteiger partial charge is 0.285 e. The molecule has 0 aromatic heterocycles. The number of para-hydroxylation sites is 1. The predicted octanol–water partition coefficient (Wildman–Crippen LogP) is 2.96. The van der Waals surface area contributed by atoms with E-state index in [2.05, 4.69) is 5.43 Å². The second-order valence-corrected chi connectivity index (χ2v) is 7.26. The van der Waals surface area contributed by atoms with Crippen molar-refractivity contribution in [3.63, 3.8) is 0 Å². The van der Waals surface area contributed by atoms with Crippen LogP contribution < -0.4 is 14.9 Å². The molecule has 2 aromatic carbocycles. The first kappa shape index (κ1) is 19.7. The summed E-state index contributed by atoms with van der Waals surface area (Å²) in [7, 11) is 3.04. The molecule has 3 rings (SSSR count). The Morgan fingerprint density at radius 2 is 1.89 bits per heavy atom. The summed E-state index contributed by atoms with van der Waals surface area (Å²) >= 11 is 6.29. The van der Waals surface area contributed by atoms with Gasteiger partial charge in [-0.3, -0.25) is 15.0 Å². The Morgan fingerprint density at radius 3 is 2.54 bits per heavy atom. The number of methoxy groups -OCH3 is 2. The Morgan fingerprint density at radius 1 is 1.18 bits per heavy atom. The Balaban J connectivity index is 1.83. The third kappa shape index (κ3) is 3.95. The van der Waals surface area contributed by atoms with Crippen LogP contribution in [0.2, 0.25) is 0 Å². The number of hydrazine groups is 1. The molecule has 1 aliphatic rings. The van der Waals surface area contributed by atoms with Crippen molar-refractivity contribution < 1.29 is 24.2 Å². The van der Waals surface area contributed by atoms with Crippen molar-refractivity contribution >= 4 is 46.2 Å². The number of aromatic hydroxyl groups is 1. The van der Waals surface area contributed by atoms with E-state index < -0.39 is 11.8 Å². The number of thioether (sulfide) groups is 1. The quantitative estimate of drug-likeness (QED) is 0.572. The number of hydrogen-bond donors (Lipinski definition) is 2. The van der Waals surface area contributed by atoms with Gasteiger partial charge in [0.25, 0.3) is 11.8 Å². The van der Waals surface area contributed by atoms with Gasteiger partial charge in [-0.25, -0.2) is 0 Å². The lowest BCUT2D eigenvalue weighted by molar-refractivity contribution is -0.123. The Hall–Kier alpha value is -3.04. The lowest BCUT2D eigenvalue weighted by Gasteiger charge is -2.15. The van der Waals surface area contributed by atoms with Gasteiger partial charge >= 0.3 is 0 Å². The number of thiocarbonyl (C=S) groups is 1. The standard InChI is InChI=1S/C19H16N2O5S2/c1-25-14-5-3-4-12(16(14)26-2)10-15-18(24)21(19(27)28-15)20-17(23)11-6-8-13(22)9-7-11/h3-10,22H,1-2H3,(H,20,23). The number of benzene rings is 2. The number of amides is 2. The van der Waals surface area contributed by atoms with Crippen LogP contribution in [0.15, 0.2) is 47.4 Å². The zero-order valence-corrected chi connectivity index (χ0v) is 16.6. The Kier molecular flexibility index (Phi) is 5.86. The van der Waals surface area contributed by atoms with Gasteiger partial charge in [-0.2, -0.15) is 5.01 Å². The van der Waals surface area contributed by atoms with Crippen molar-refractivity contribution in [3.05, 3.63) is 58.5 Å². The largest absolute Gasteiger partial charge is 0.508 e. The number of ether oxygens (including phenoxy) is 2. The minimum Gasteiger partial charge on any atom is -0.508 e. The highest BCUT2D eigenvalue weighted by atomic mass is 32.2. The summed E-state index contributed by atoms with van der Waals surface area (Å²) in [6.45, 7) is 0. The molecule has 2 amide bonds. The van der Waals surface area contributed by atoms with E-state index in [0.717, 1.165) is 16.8 Å². The van der Waals surface area contributed by atoms with Gasteiger partial charge in [-0.1, -0.05) is 23.9 Å². The van der Waals surface area contributed by atoms with Crippen LogP contribution in [0, 0.1) is 0 Å². The molecule has 1 fully saturated rings. The lowest BCUT2D eigenvalue weighted by atomic mass is 10.1. The third-order valence-corrected chi connectivity index (χ3v) is 5.16. The number of carbonyl (C=O) groups is 2. The van der Waals surface area contributed by atoms with Crippen LogP contribution in [0.4, 0.5) is 0 Å². The van der Waals surface area contributed by atoms with E-state index in [1.807, 2.05) is 0 Å². The van der Waals surface area contributed by atoms with Gasteiger partial charge < -0.3 is 14.6 Å². The molecule has 0 spiro atoms. The fourth-order valence-electron chi connectivity index (χ4n) is 2.51. The number of hydrogen-bond acceptors (Lipinski definition) is 7. The SMILES string of the molecule is COc1cccc(C=C2SC(=S)N(NC(=O)c3ccc(O)cc3)C2=O)c1OC. The zero-order valence-electron chi connectivity index (χ0n) is 15.0. The van der Waals surface area contributed by atoms with E-state index >= 15 is 0 Å². The first-order valence-electron chi connectivity index (χ1n) is 8.03. The van der Waals surface area contributed by atoms with Crippen molar-refractivity contribution in [2.24, 2.45) is 0 Å². The van der Waals surface area contributed by atoms with Gasteiger partial charge in [0.2, 0.25) is 0 Å². The molecular weight excluding hydrogens is 400 g/mol. The molecule has 144 valence electrons. The normalized spacial score (nSPS) is 15.1. The van der Waals surface area contributed by atoms with Gasteiger partial charge in [0.1, 0.15) is 5.75 Å². The maximum absolute atomic E-state index is 12.7. The van der Waals surface area contributed by atoms with Crippen molar-refractivity contribution in [2.75, 3.05) is 14.2 Å². The van der Waals surface area contributed by atoms with Gasteiger partial charge in [0.05, 0.1) is 19.1 Å². The highest BCUT2D eigenvalue weighted by Crippen LogP contribution is 2.36. The monoisotopic (exact) mass is 416 g/mol. The molecule has 28 heavy (non-hydrogen) atoms. The molecule has 2 aromatic rings. The van der Waals surface area contributed by atoms with Gasteiger partial charge in [0, 0.05) is 11.1 Å². The summed E-state index contributed by atoms with van der Waals surface area (Å²) in [5.41, 5.74) is 3.41. The molecule has 0 saturated carbocycles. The number of nitrogens with zero attached hydrogens (tertiary/aromatic N) is 1. The van der Waals surface area contributed by atoms with Crippen molar-refractivity contribution in [3.8, 4) is 17.2 Å². The van der Waals surface area contributed by atoms with E-state index in [1.165, 1.54) is 38.5 Å². The van der Waals surface area contributed by atoms with Crippen molar-refractivity contribution in [1.29, 1.82) is 0 Å². The van der Waals surface area contributed by atoms with Crippen LogP contribution in [0.25, 0.3) is 6.08 Å². The molecule has 7 nitrogen and oxygen atoms in total. The predicted molar refractivity (Wildman–Crippen MR) is 110 cm³/mol. The molecule has 2 N–H and O–H groups in total. The molecule has 0 atom stereocenters. The van der Waals surface area contributed by atoms with Crippen molar-refractivity contribution in [1.82, 2.24) is 10.4 Å². The van der Waals surface area contributed by atoms with Crippen LogP contribution in [0.5, 0.6) is 17.2 Å². The summed E-state index contributed by atoms with van der Waals surface area (Å²) < 4.78 is 10.8. The molecule has 1 aliphatic heterocycles. The van der Waals surface area contributed by atoms with E-state index in [1.54, 1.807) is 24.3 Å². The van der Waals surface area contributed by atoms with Crippen LogP contribution >= 0.6 is 24.0 Å². The topological polar surface area (TPSA) is 88.1 Å². The maximum atomic E-state index is 12.7. The second kappa shape index (κ2) is 8.32. The molecule has 9 heteroatoms. The molecular formula is C19H16N2O5S2. The maximum Gasteiger partial charge on any atom is 0.285 e. The fraction of sp³-hybridized carbons (Fsp3) is 0.105. The van der Waals surface area contributed by atoms with Crippen LogP contribution in [-0.2, 0) is 4.79 Å². The third-order valence-electron chi connectivity index (χ3n) is 3.86. The van der Waals surface area contributed by atoms with Crippen LogP contribution in [0.1, 0.15) is 15.9 Å². The Bertz CT molecular complexity index is 973. The molecule has 0 radical (unpaired) electrons. The number of nitrogens with one attached hydrogen (secondary N) is 1. The summed E-state index contributed by atoms with van der Waals surface area (Å²) in [4.78, 5) is 25.4. The van der Waals surface area contributed by atoms with E-state index in [-0.39, 0.29) is 15.6 Å². The molecule has 1 saturated heterocycles. The van der Waals surface area contributed by atoms with Gasteiger partial charge in [0.15, 0.2) is 15.8 Å². The average Bonchev–Trinajstić information content (AvgIpc) is 2.95. The summed E-state index contributed by atoms with van der Waals surface area (Å²) in [6.07, 6.45) is 1.63. The number of phenolic OH excluding ortho intramolecular Hbond substituents is 1. The Labute approximate surface area is 170 Å². The highest BCUT2D eigenvalue weighted by molar-refractivity contribution is 8.26. The first-order valence-corrected chi connectivity index (χ1v) is 9.26. The number of phenols is 1. The molecule has 0 unspecified atom stereocenters. The molecule has 0 bridgehead atoms. The van der Waals surface area contributed by atoms with E-state index in [4.69, 9.17) is 21.7 Å². The fourth-order valence-corrected chi connectivity index (χ4v) is 3.68. The summed E-state index contributed by atoms with van der Waals surface area (Å²) in [5.74, 6) is 0.0941. The summed E-state index contributed by atoms with van der Waals surface area (Å²) in [5, 5.41) is 10.3. The van der Waals surface area contributed by atoms with Gasteiger partial charge in [-0.15, -0.1) is 0 Å². The number of rotatable bonds is 5. The lowest BCUT2D eigenvalue weighted by Crippen LogP contribution is -2.44. The summed E-state index contributed by atoms with van der Waals surface area (Å²) in [6, 6.07) is 11.0. The zero-order chi connectivity index (χ0) is 20.3. The minimum absolute atomic E-state index is 0.0392. The van der Waals surface area contributed by atoms with Crippen molar-refractivity contribution in [2.45, 2.75) is 0 Å². The van der Waals surface area contributed by atoms with E-state index in [0.29, 0.717) is 22.0 Å². The molecule has 0 aliphatic carbocycles. The molecule has 1 heterocycles. The minimum atomic E-state index is -0.517. The van der Waals surface area contributed by atoms with Gasteiger partial charge in [-0.05, 0) is 48.6 Å². The average molecular weight is 416 g/mol. The second-order valence-electron chi connectivity index (χ2n) is 5.59. The number of carbonyl (C=O) groups excluding carboxylic acids is 2.